The zero-order valence-electron chi connectivity index (χ0n) is 35.2. The Morgan fingerprint density at radius 3 is 1.56 bits per heavy atom. The number of carbonyl (C=O) groups is 2. The summed E-state index contributed by atoms with van der Waals surface area (Å²) in [4.78, 5) is 37.3. The van der Waals surface area contributed by atoms with E-state index >= 15 is 0 Å². The Balaban J connectivity index is 4.52. The zero-order valence-corrected chi connectivity index (χ0v) is 36.0. The standard InChI is InChI=1S/C44H80NO8P/c1-6-8-10-12-14-16-18-20-22-24-26-28-30-32-34-36-43(46)50-40-42(41-52-54(48,49)51-39-38-45(3,4)5)53-44(47)37-35-33-31-29-27-25-23-21-19-17-15-13-11-9-7-2/h17,19,21,23,30,32,34,36,42H,6-16,18,20,22,24-29,31,33,35,37-41H2,1-5H3/b19-17+,23-21+,32-30+,36-34+/t42-/m1/s1. The summed E-state index contributed by atoms with van der Waals surface area (Å²) in [5, 5.41) is 0. The van der Waals surface area contributed by atoms with Crippen molar-refractivity contribution in [3.05, 3.63) is 48.6 Å². The van der Waals surface area contributed by atoms with Crippen LogP contribution in [0.4, 0.5) is 0 Å². The fourth-order valence-electron chi connectivity index (χ4n) is 5.56. The highest BCUT2D eigenvalue weighted by atomic mass is 31.2. The Morgan fingerprint density at radius 2 is 1.06 bits per heavy atom. The van der Waals surface area contributed by atoms with Gasteiger partial charge in [-0.25, -0.2) is 4.79 Å². The molecule has 0 aromatic rings. The van der Waals surface area contributed by atoms with Gasteiger partial charge in [0.1, 0.15) is 19.8 Å². The predicted molar refractivity (Wildman–Crippen MR) is 222 cm³/mol. The van der Waals surface area contributed by atoms with Crippen molar-refractivity contribution in [3.63, 3.8) is 0 Å². The van der Waals surface area contributed by atoms with Crippen molar-refractivity contribution in [2.75, 3.05) is 47.5 Å². The van der Waals surface area contributed by atoms with Crippen molar-refractivity contribution in [2.24, 2.45) is 0 Å². The van der Waals surface area contributed by atoms with Crippen LogP contribution in [0.1, 0.15) is 168 Å². The van der Waals surface area contributed by atoms with Crippen LogP contribution in [0.25, 0.3) is 0 Å². The quantitative estimate of drug-likeness (QED) is 0.0152. The lowest BCUT2D eigenvalue weighted by Crippen LogP contribution is -2.37. The summed E-state index contributed by atoms with van der Waals surface area (Å²) < 4.78 is 33.6. The average Bonchev–Trinajstić information content (AvgIpc) is 3.12. The normalized spacial score (nSPS) is 14.1. The molecular weight excluding hydrogens is 701 g/mol. The summed E-state index contributed by atoms with van der Waals surface area (Å²) in [6, 6.07) is 0. The lowest BCUT2D eigenvalue weighted by Gasteiger charge is -2.28. The van der Waals surface area contributed by atoms with Crippen LogP contribution in [-0.4, -0.2) is 70.0 Å². The first-order chi connectivity index (χ1) is 26.0. The van der Waals surface area contributed by atoms with Gasteiger partial charge in [-0.15, -0.1) is 0 Å². The van der Waals surface area contributed by atoms with E-state index in [0.717, 1.165) is 51.4 Å². The molecule has 0 aromatic carbocycles. The summed E-state index contributed by atoms with van der Waals surface area (Å²) in [6.45, 7) is 4.05. The number of hydrogen-bond acceptors (Lipinski definition) is 8. The van der Waals surface area contributed by atoms with Gasteiger partial charge in [0.25, 0.3) is 7.82 Å². The van der Waals surface area contributed by atoms with Crippen molar-refractivity contribution in [2.45, 2.75) is 174 Å². The predicted octanol–water partition coefficient (Wildman–Crippen LogP) is 11.3. The van der Waals surface area contributed by atoms with Crippen LogP contribution in [-0.2, 0) is 32.7 Å². The first-order valence-corrected chi connectivity index (χ1v) is 22.9. The Kier molecular flexibility index (Phi) is 35.2. The van der Waals surface area contributed by atoms with Gasteiger partial charge >= 0.3 is 11.9 Å². The molecule has 0 spiro atoms. The Morgan fingerprint density at radius 1 is 0.611 bits per heavy atom. The molecule has 0 rings (SSSR count). The second-order valence-electron chi connectivity index (χ2n) is 15.5. The van der Waals surface area contributed by atoms with Crippen LogP contribution in [0.5, 0.6) is 0 Å². The van der Waals surface area contributed by atoms with E-state index in [9.17, 15) is 19.0 Å². The first kappa shape index (κ1) is 52.0. The van der Waals surface area contributed by atoms with Crippen molar-refractivity contribution >= 4 is 19.8 Å². The monoisotopic (exact) mass is 782 g/mol. The van der Waals surface area contributed by atoms with Gasteiger partial charge in [-0.3, -0.25) is 9.36 Å². The number of phosphoric acid groups is 1. The number of allylic oxidation sites excluding steroid dienone is 7. The molecule has 54 heavy (non-hydrogen) atoms. The SMILES string of the molecule is CCCCCC/C=C/C=C/CCCCCCCC(=O)O[C@H](COC(=O)/C=C/C=C/CCCCCCCCCCCCC)COP(=O)([O-])OCC[N+](C)(C)C. The van der Waals surface area contributed by atoms with Crippen LogP contribution in [0, 0.1) is 0 Å². The van der Waals surface area contributed by atoms with Gasteiger partial charge in [-0.05, 0) is 44.9 Å². The summed E-state index contributed by atoms with van der Waals surface area (Å²) in [5.74, 6) is -1.11. The van der Waals surface area contributed by atoms with Crippen LogP contribution in [0.15, 0.2) is 48.6 Å². The largest absolute Gasteiger partial charge is 0.756 e. The van der Waals surface area contributed by atoms with Crippen molar-refractivity contribution in [3.8, 4) is 0 Å². The molecule has 0 amide bonds. The Hall–Kier alpha value is -2.03. The third-order valence-corrected chi connectivity index (χ3v) is 9.92. The lowest BCUT2D eigenvalue weighted by molar-refractivity contribution is -0.870. The number of hydrogen-bond donors (Lipinski definition) is 0. The molecule has 0 saturated heterocycles. The topological polar surface area (TPSA) is 111 Å². The molecule has 0 saturated carbocycles. The van der Waals surface area contributed by atoms with Crippen LogP contribution < -0.4 is 4.89 Å². The molecular formula is C44H80NO8P. The molecule has 9 nitrogen and oxygen atoms in total. The summed E-state index contributed by atoms with van der Waals surface area (Å²) in [7, 11) is 1.11. The number of rotatable bonds is 38. The number of nitrogens with zero attached hydrogens (tertiary/aromatic N) is 1. The summed E-state index contributed by atoms with van der Waals surface area (Å²) in [6.07, 6.45) is 42.0. The Labute approximate surface area is 331 Å². The molecule has 10 heteroatoms. The fraction of sp³-hybridized carbons (Fsp3) is 0.773. The lowest BCUT2D eigenvalue weighted by atomic mass is 10.1. The number of esters is 2. The molecule has 0 aliphatic rings. The van der Waals surface area contributed by atoms with Crippen molar-refractivity contribution in [1.82, 2.24) is 0 Å². The van der Waals surface area contributed by atoms with Crippen molar-refractivity contribution < 1.29 is 42.1 Å². The summed E-state index contributed by atoms with van der Waals surface area (Å²) >= 11 is 0. The molecule has 0 aliphatic carbocycles. The zero-order chi connectivity index (χ0) is 40.0. The van der Waals surface area contributed by atoms with Crippen LogP contribution in [0.3, 0.4) is 0 Å². The molecule has 314 valence electrons. The van der Waals surface area contributed by atoms with E-state index in [-0.39, 0.29) is 19.6 Å². The van der Waals surface area contributed by atoms with E-state index in [1.165, 1.54) is 96.0 Å². The van der Waals surface area contributed by atoms with Gasteiger partial charge in [0.2, 0.25) is 0 Å². The minimum absolute atomic E-state index is 0.0478. The minimum Gasteiger partial charge on any atom is -0.756 e. The minimum atomic E-state index is -4.65. The van der Waals surface area contributed by atoms with Gasteiger partial charge < -0.3 is 27.9 Å². The molecule has 0 aromatic heterocycles. The number of carbonyl (C=O) groups excluding carboxylic acids is 2. The number of unbranched alkanes of at least 4 members (excludes halogenated alkanes) is 20. The molecule has 1 unspecified atom stereocenters. The maximum atomic E-state index is 12.6. The average molecular weight is 782 g/mol. The molecule has 0 heterocycles. The number of quaternary nitrogens is 1. The van der Waals surface area contributed by atoms with Gasteiger partial charge in [-0.1, -0.05) is 159 Å². The smallest absolute Gasteiger partial charge is 0.330 e. The van der Waals surface area contributed by atoms with Gasteiger partial charge in [0, 0.05) is 12.5 Å². The number of phosphoric ester groups is 1. The summed E-state index contributed by atoms with van der Waals surface area (Å²) in [5.41, 5.74) is 0. The Bertz CT molecular complexity index is 1070. The number of ether oxygens (including phenoxy) is 2. The first-order valence-electron chi connectivity index (χ1n) is 21.4. The third-order valence-electron chi connectivity index (χ3n) is 8.95. The molecule has 2 atom stereocenters. The molecule has 0 aliphatic heterocycles. The second kappa shape index (κ2) is 36.6. The van der Waals surface area contributed by atoms with Gasteiger partial charge in [-0.2, -0.15) is 0 Å². The van der Waals surface area contributed by atoms with Crippen LogP contribution in [0.2, 0.25) is 0 Å². The highest BCUT2D eigenvalue weighted by molar-refractivity contribution is 7.45. The maximum absolute atomic E-state index is 12.6. The van der Waals surface area contributed by atoms with E-state index in [1.54, 1.807) is 6.08 Å². The van der Waals surface area contributed by atoms with E-state index in [4.69, 9.17) is 18.5 Å². The molecule has 0 fully saturated rings. The van der Waals surface area contributed by atoms with Crippen molar-refractivity contribution in [1.29, 1.82) is 0 Å². The third kappa shape index (κ3) is 39.7. The fourth-order valence-corrected chi connectivity index (χ4v) is 6.29. The molecule has 0 N–H and O–H groups in total. The molecule has 0 radical (unpaired) electrons. The van der Waals surface area contributed by atoms with Gasteiger partial charge in [0.15, 0.2) is 6.10 Å². The highest BCUT2D eigenvalue weighted by Crippen LogP contribution is 2.38. The van der Waals surface area contributed by atoms with E-state index in [1.807, 2.05) is 33.3 Å². The number of likely N-dealkylation sites (N-methyl/N-ethyl adjacent to an activating group) is 1. The van der Waals surface area contributed by atoms with Crippen LogP contribution >= 0.6 is 7.82 Å². The van der Waals surface area contributed by atoms with E-state index in [2.05, 4.69) is 38.2 Å². The maximum Gasteiger partial charge on any atom is 0.330 e. The van der Waals surface area contributed by atoms with E-state index in [0.29, 0.717) is 17.4 Å². The second-order valence-corrected chi connectivity index (χ2v) is 16.9. The van der Waals surface area contributed by atoms with Gasteiger partial charge in [0.05, 0.1) is 27.7 Å². The van der Waals surface area contributed by atoms with E-state index < -0.39 is 32.5 Å². The highest BCUT2D eigenvalue weighted by Gasteiger charge is 2.21. The molecule has 0 bridgehead atoms.